The maximum absolute atomic E-state index is 13.6. The van der Waals surface area contributed by atoms with Gasteiger partial charge >= 0.3 is 12.1 Å². The average Bonchev–Trinajstić information content (AvgIpc) is 2.68. The molecule has 30 heavy (non-hydrogen) atoms. The number of carbonyl (C=O) groups is 2. The molecule has 1 heterocycles. The Hall–Kier alpha value is -3.55. The number of ether oxygens (including phenoxy) is 3. The molecule has 154 valence electrons. The van der Waals surface area contributed by atoms with E-state index < -0.39 is 41.5 Å². The minimum Gasteiger partial charge on any atom is -0.477 e. The van der Waals surface area contributed by atoms with Crippen molar-refractivity contribution in [2.75, 3.05) is 0 Å². The van der Waals surface area contributed by atoms with E-state index in [2.05, 4.69) is 0 Å². The lowest BCUT2D eigenvalue weighted by Crippen LogP contribution is -2.41. The van der Waals surface area contributed by atoms with E-state index in [1.807, 2.05) is 12.1 Å². The van der Waals surface area contributed by atoms with Crippen LogP contribution in [0.2, 0.25) is 0 Å². The van der Waals surface area contributed by atoms with Crippen molar-refractivity contribution in [1.29, 1.82) is 0 Å². The Morgan fingerprint density at radius 3 is 2.53 bits per heavy atom. The van der Waals surface area contributed by atoms with Crippen molar-refractivity contribution in [2.24, 2.45) is 5.92 Å². The third kappa shape index (κ3) is 3.80. The second-order valence-corrected chi connectivity index (χ2v) is 6.76. The molecule has 0 spiro atoms. The summed E-state index contributed by atoms with van der Waals surface area (Å²) < 4.78 is 56.3. The van der Waals surface area contributed by atoms with E-state index in [0.717, 1.165) is 17.7 Å². The number of ketones is 1. The number of alkyl halides is 3. The lowest BCUT2D eigenvalue weighted by Gasteiger charge is -2.33. The number of carbonyl (C=O) groups excluding carboxylic acids is 2. The Labute approximate surface area is 169 Å². The molecule has 4 rings (SSSR count). The third-order valence-electron chi connectivity index (χ3n) is 4.60. The van der Waals surface area contributed by atoms with Gasteiger partial charge in [0, 0.05) is 6.92 Å². The molecular weight excluding hydrogens is 401 g/mol. The smallest absolute Gasteiger partial charge is 0.453 e. The maximum Gasteiger partial charge on any atom is 0.453 e. The zero-order valence-electron chi connectivity index (χ0n) is 15.6. The van der Waals surface area contributed by atoms with Crippen LogP contribution < -0.4 is 4.74 Å². The molecular formula is C22H15F3O5. The Morgan fingerprint density at radius 2 is 1.83 bits per heavy atom. The van der Waals surface area contributed by atoms with Crippen LogP contribution in [0.5, 0.6) is 5.75 Å². The topological polar surface area (TPSA) is 61.8 Å². The molecule has 0 fully saturated rings. The van der Waals surface area contributed by atoms with Gasteiger partial charge in [-0.15, -0.1) is 0 Å². The number of benzene rings is 2. The van der Waals surface area contributed by atoms with E-state index in [4.69, 9.17) is 14.2 Å². The van der Waals surface area contributed by atoms with Crippen molar-refractivity contribution in [3.63, 3.8) is 0 Å². The van der Waals surface area contributed by atoms with Gasteiger partial charge in [-0.25, -0.2) is 0 Å². The lowest BCUT2D eigenvalue weighted by molar-refractivity contribution is -0.156. The number of esters is 1. The van der Waals surface area contributed by atoms with Crippen LogP contribution in [0, 0.1) is 5.92 Å². The number of fused-ring (bicyclic) bond motifs is 2. The van der Waals surface area contributed by atoms with Crippen LogP contribution in [0.25, 0.3) is 10.8 Å². The first-order valence-electron chi connectivity index (χ1n) is 9.00. The molecule has 1 aliphatic heterocycles. The van der Waals surface area contributed by atoms with Crippen molar-refractivity contribution >= 4 is 22.5 Å². The normalized spacial score (nSPS) is 21.1. The van der Waals surface area contributed by atoms with Crippen LogP contribution >= 0.6 is 0 Å². The van der Waals surface area contributed by atoms with Gasteiger partial charge in [-0.3, -0.25) is 9.59 Å². The zero-order chi connectivity index (χ0) is 21.5. The molecule has 0 aromatic heterocycles. The Bertz CT molecular complexity index is 1130. The molecule has 2 atom stereocenters. The highest BCUT2D eigenvalue weighted by Gasteiger charge is 2.50. The minimum absolute atomic E-state index is 0.0111. The summed E-state index contributed by atoms with van der Waals surface area (Å²) in [6.07, 6.45) is -2.37. The number of rotatable bonds is 3. The first-order chi connectivity index (χ1) is 14.2. The van der Waals surface area contributed by atoms with Crippen molar-refractivity contribution in [3.8, 4) is 5.75 Å². The molecule has 0 unspecified atom stereocenters. The predicted octanol–water partition coefficient (Wildman–Crippen LogP) is 4.59. The molecule has 0 amide bonds. The lowest BCUT2D eigenvalue weighted by atomic mass is 9.89. The van der Waals surface area contributed by atoms with E-state index in [9.17, 15) is 22.8 Å². The molecule has 2 aromatic carbocycles. The Kier molecular flexibility index (Phi) is 4.85. The summed E-state index contributed by atoms with van der Waals surface area (Å²) in [4.78, 5) is 24.0. The largest absolute Gasteiger partial charge is 0.477 e. The first kappa shape index (κ1) is 19.8. The number of halogens is 3. The molecule has 1 aliphatic carbocycles. The first-order valence-corrected chi connectivity index (χ1v) is 9.00. The van der Waals surface area contributed by atoms with E-state index in [1.165, 1.54) is 24.3 Å². The monoisotopic (exact) mass is 416 g/mol. The van der Waals surface area contributed by atoms with Crippen molar-refractivity contribution in [1.82, 2.24) is 0 Å². The van der Waals surface area contributed by atoms with Crippen LogP contribution in [0.1, 0.15) is 6.92 Å². The molecule has 0 radical (unpaired) electrons. The quantitative estimate of drug-likeness (QED) is 0.685. The number of hydrogen-bond donors (Lipinski definition) is 0. The van der Waals surface area contributed by atoms with Crippen molar-refractivity contribution < 1.29 is 37.0 Å². The van der Waals surface area contributed by atoms with Gasteiger partial charge in [-0.05, 0) is 35.1 Å². The van der Waals surface area contributed by atoms with Gasteiger partial charge in [0.05, 0.1) is 5.92 Å². The van der Waals surface area contributed by atoms with Gasteiger partial charge in [0.15, 0.2) is 0 Å². The van der Waals surface area contributed by atoms with Crippen LogP contribution in [0.15, 0.2) is 78.0 Å². The van der Waals surface area contributed by atoms with Crippen LogP contribution in [0.3, 0.4) is 0 Å². The number of Topliss-reactive ketones (excluding diaryl/α,β-unsaturated/α-hetero) is 1. The van der Waals surface area contributed by atoms with Gasteiger partial charge < -0.3 is 14.2 Å². The fraction of sp³-hybridized carbons (Fsp3) is 0.182. The fourth-order valence-corrected chi connectivity index (χ4v) is 3.30. The molecule has 8 heteroatoms. The molecule has 2 aliphatic rings. The van der Waals surface area contributed by atoms with Crippen molar-refractivity contribution in [2.45, 2.75) is 19.2 Å². The molecule has 0 saturated carbocycles. The molecule has 0 saturated heterocycles. The van der Waals surface area contributed by atoms with Gasteiger partial charge in [-0.1, -0.05) is 36.4 Å². The highest BCUT2D eigenvalue weighted by molar-refractivity contribution is 5.99. The summed E-state index contributed by atoms with van der Waals surface area (Å²) >= 11 is 0. The highest BCUT2D eigenvalue weighted by Crippen LogP contribution is 2.40. The Balaban J connectivity index is 1.71. The van der Waals surface area contributed by atoms with Gasteiger partial charge in [-0.2, -0.15) is 13.2 Å². The third-order valence-corrected chi connectivity index (χ3v) is 4.60. The predicted molar refractivity (Wildman–Crippen MR) is 100 cm³/mol. The van der Waals surface area contributed by atoms with E-state index in [-0.39, 0.29) is 11.5 Å². The molecule has 2 aromatic rings. The highest BCUT2D eigenvalue weighted by atomic mass is 19.4. The summed E-state index contributed by atoms with van der Waals surface area (Å²) in [7, 11) is 0. The summed E-state index contributed by atoms with van der Waals surface area (Å²) in [5.74, 6) is -4.89. The average molecular weight is 416 g/mol. The maximum atomic E-state index is 13.6. The minimum atomic E-state index is -4.95. The molecule has 0 bridgehead atoms. The van der Waals surface area contributed by atoms with E-state index >= 15 is 0 Å². The second kappa shape index (κ2) is 7.37. The van der Waals surface area contributed by atoms with Crippen LogP contribution in [-0.4, -0.2) is 24.0 Å². The molecule has 5 nitrogen and oxygen atoms in total. The van der Waals surface area contributed by atoms with Crippen LogP contribution in [-0.2, 0) is 19.1 Å². The number of allylic oxidation sites excluding steroid dienone is 3. The standard InChI is InChI=1S/C22H15F3O5/c1-12(26)28-16-8-9-17-18(11-16)30-21(22(23,24)25)20(19(17)27)29-15-7-6-13-4-2-3-5-14(13)10-15/h2-11,17-18H,1H3/t17-,18+/m1/s1. The zero-order valence-corrected chi connectivity index (χ0v) is 15.6. The van der Waals surface area contributed by atoms with E-state index in [1.54, 1.807) is 24.3 Å². The second-order valence-electron chi connectivity index (χ2n) is 6.76. The van der Waals surface area contributed by atoms with Gasteiger partial charge in [0.2, 0.25) is 17.3 Å². The van der Waals surface area contributed by atoms with Gasteiger partial charge in [0.25, 0.3) is 0 Å². The summed E-state index contributed by atoms with van der Waals surface area (Å²) in [5, 5.41) is 1.62. The fourth-order valence-electron chi connectivity index (χ4n) is 3.30. The number of hydrogen-bond acceptors (Lipinski definition) is 5. The summed E-state index contributed by atoms with van der Waals surface area (Å²) in [6.45, 7) is 1.16. The summed E-state index contributed by atoms with van der Waals surface area (Å²) in [5.41, 5.74) is 0. The van der Waals surface area contributed by atoms with Gasteiger partial charge in [0.1, 0.15) is 17.6 Å². The van der Waals surface area contributed by atoms with Crippen LogP contribution in [0.4, 0.5) is 13.2 Å². The van der Waals surface area contributed by atoms with E-state index in [0.29, 0.717) is 0 Å². The Morgan fingerprint density at radius 1 is 1.10 bits per heavy atom. The van der Waals surface area contributed by atoms with Crippen molar-refractivity contribution in [3.05, 3.63) is 78.0 Å². The summed E-state index contributed by atoms with van der Waals surface area (Å²) in [6, 6.07) is 12.0. The SMILES string of the molecule is CC(=O)OC1=C[C@@H]2OC(C(F)(F)F)=C(Oc3ccc4ccccc4c3)C(=O)[C@@H]2C=C1. The molecule has 0 N–H and O–H groups in total.